The zero-order chi connectivity index (χ0) is 13.0. The van der Waals surface area contributed by atoms with Crippen molar-refractivity contribution in [2.45, 2.75) is 58.2 Å². The molecule has 1 unspecified atom stereocenters. The van der Waals surface area contributed by atoms with Gasteiger partial charge in [0.05, 0.1) is 11.2 Å². The summed E-state index contributed by atoms with van der Waals surface area (Å²) in [6, 6.07) is 0. The van der Waals surface area contributed by atoms with Crippen LogP contribution >= 0.6 is 0 Å². The van der Waals surface area contributed by atoms with Crippen LogP contribution in [0.5, 0.6) is 0 Å². The number of hydrogen-bond acceptors (Lipinski definition) is 5. The molecule has 0 aromatic heterocycles. The molecular formula is C11H26N2O3. The predicted octanol–water partition coefficient (Wildman–Crippen LogP) is 0.201. The van der Waals surface area contributed by atoms with Crippen LogP contribution in [0.4, 0.5) is 0 Å². The first-order chi connectivity index (χ1) is 7.13. The molecule has 0 rings (SSSR count). The van der Waals surface area contributed by atoms with Gasteiger partial charge in [-0.05, 0) is 34.6 Å². The minimum atomic E-state index is -0.739. The van der Waals surface area contributed by atoms with Gasteiger partial charge < -0.3 is 26.0 Å². The standard InChI is InChI=1S/C11H26N2O3/c1-8(14)9(15-10(2,3)6-12)16-11(4,5)7-13/h8-9,14H,6-7,12-13H2,1-5H3. The molecule has 0 amide bonds. The lowest BCUT2D eigenvalue weighted by atomic mass is 10.1. The highest BCUT2D eigenvalue weighted by Crippen LogP contribution is 2.19. The molecule has 0 saturated carbocycles. The second-order valence-corrected chi connectivity index (χ2v) is 5.27. The average Bonchev–Trinajstić information content (AvgIpc) is 2.16. The molecule has 98 valence electrons. The highest BCUT2D eigenvalue weighted by atomic mass is 16.7. The van der Waals surface area contributed by atoms with Gasteiger partial charge in [0.1, 0.15) is 6.10 Å². The first-order valence-electron chi connectivity index (χ1n) is 5.57. The third-order valence-electron chi connectivity index (χ3n) is 2.25. The summed E-state index contributed by atoms with van der Waals surface area (Å²) in [7, 11) is 0. The van der Waals surface area contributed by atoms with E-state index in [4.69, 9.17) is 20.9 Å². The average molecular weight is 234 g/mol. The van der Waals surface area contributed by atoms with Crippen LogP contribution in [0.25, 0.3) is 0 Å². The lowest BCUT2D eigenvalue weighted by Gasteiger charge is -2.36. The van der Waals surface area contributed by atoms with Gasteiger partial charge in [0.2, 0.25) is 0 Å². The smallest absolute Gasteiger partial charge is 0.184 e. The monoisotopic (exact) mass is 234 g/mol. The van der Waals surface area contributed by atoms with Gasteiger partial charge in [0, 0.05) is 13.1 Å². The molecular weight excluding hydrogens is 208 g/mol. The normalized spacial score (nSPS) is 15.6. The third kappa shape index (κ3) is 5.77. The van der Waals surface area contributed by atoms with Crippen molar-refractivity contribution in [3.05, 3.63) is 0 Å². The second kappa shape index (κ2) is 5.93. The van der Waals surface area contributed by atoms with E-state index in [1.807, 2.05) is 27.7 Å². The van der Waals surface area contributed by atoms with Crippen molar-refractivity contribution >= 4 is 0 Å². The van der Waals surface area contributed by atoms with Crippen molar-refractivity contribution in [3.63, 3.8) is 0 Å². The molecule has 0 aromatic rings. The fourth-order valence-corrected chi connectivity index (χ4v) is 0.946. The van der Waals surface area contributed by atoms with Gasteiger partial charge in [-0.2, -0.15) is 0 Å². The first kappa shape index (κ1) is 15.8. The Labute approximate surface area is 98.1 Å². The fraction of sp³-hybridized carbons (Fsp3) is 1.00. The van der Waals surface area contributed by atoms with Crippen LogP contribution in [0.2, 0.25) is 0 Å². The Morgan fingerprint density at radius 1 is 1.00 bits per heavy atom. The van der Waals surface area contributed by atoms with Gasteiger partial charge in [-0.1, -0.05) is 0 Å². The van der Waals surface area contributed by atoms with E-state index in [9.17, 15) is 5.11 Å². The van der Waals surface area contributed by atoms with Crippen LogP contribution in [-0.2, 0) is 9.47 Å². The summed E-state index contributed by atoms with van der Waals surface area (Å²) in [5.74, 6) is 0. The Morgan fingerprint density at radius 2 is 1.31 bits per heavy atom. The zero-order valence-corrected chi connectivity index (χ0v) is 11.0. The number of ether oxygens (including phenoxy) is 2. The molecule has 5 nitrogen and oxygen atoms in total. The molecule has 1 atom stereocenters. The Balaban J connectivity index is 4.52. The lowest BCUT2D eigenvalue weighted by Crippen LogP contribution is -2.48. The van der Waals surface area contributed by atoms with Crippen LogP contribution in [0.1, 0.15) is 34.6 Å². The Bertz CT molecular complexity index is 187. The van der Waals surface area contributed by atoms with Crippen LogP contribution in [0, 0.1) is 0 Å². The summed E-state index contributed by atoms with van der Waals surface area (Å²) in [5.41, 5.74) is 10.1. The molecule has 0 aliphatic carbocycles. The first-order valence-corrected chi connectivity index (χ1v) is 5.57. The molecule has 5 N–H and O–H groups in total. The van der Waals surface area contributed by atoms with Crippen LogP contribution in [-0.4, -0.2) is 41.8 Å². The summed E-state index contributed by atoms with van der Waals surface area (Å²) < 4.78 is 11.3. The fourth-order valence-electron chi connectivity index (χ4n) is 0.946. The van der Waals surface area contributed by atoms with E-state index in [2.05, 4.69) is 0 Å². The molecule has 0 heterocycles. The molecule has 0 aliphatic heterocycles. The maximum Gasteiger partial charge on any atom is 0.184 e. The Hall–Kier alpha value is -0.200. The largest absolute Gasteiger partial charge is 0.388 e. The lowest BCUT2D eigenvalue weighted by molar-refractivity contribution is -0.267. The minimum Gasteiger partial charge on any atom is -0.388 e. The van der Waals surface area contributed by atoms with E-state index in [1.54, 1.807) is 6.92 Å². The molecule has 0 saturated heterocycles. The minimum absolute atomic E-state index is 0.350. The maximum atomic E-state index is 9.60. The summed E-state index contributed by atoms with van der Waals surface area (Å²) in [4.78, 5) is 0. The van der Waals surface area contributed by atoms with Gasteiger partial charge in [0.15, 0.2) is 6.29 Å². The van der Waals surface area contributed by atoms with Crippen LogP contribution in [0.3, 0.4) is 0 Å². The molecule has 0 fully saturated rings. The van der Waals surface area contributed by atoms with Crippen molar-refractivity contribution in [2.24, 2.45) is 11.5 Å². The van der Waals surface area contributed by atoms with Gasteiger partial charge in [0.25, 0.3) is 0 Å². The summed E-state index contributed by atoms with van der Waals surface area (Å²) in [6.45, 7) is 9.71. The van der Waals surface area contributed by atoms with E-state index in [0.29, 0.717) is 13.1 Å². The second-order valence-electron chi connectivity index (χ2n) is 5.27. The summed E-state index contributed by atoms with van der Waals surface area (Å²) in [6.07, 6.45) is -1.46. The predicted molar refractivity (Wildman–Crippen MR) is 63.9 cm³/mol. The topological polar surface area (TPSA) is 90.7 Å². The molecule has 5 heteroatoms. The molecule has 0 aromatic carbocycles. The van der Waals surface area contributed by atoms with Crippen molar-refractivity contribution in [3.8, 4) is 0 Å². The number of hydrogen-bond donors (Lipinski definition) is 3. The Morgan fingerprint density at radius 3 is 1.50 bits per heavy atom. The highest BCUT2D eigenvalue weighted by molar-refractivity contribution is 4.75. The van der Waals surface area contributed by atoms with Crippen molar-refractivity contribution in [1.82, 2.24) is 0 Å². The van der Waals surface area contributed by atoms with Crippen molar-refractivity contribution in [1.29, 1.82) is 0 Å². The van der Waals surface area contributed by atoms with E-state index in [1.165, 1.54) is 0 Å². The van der Waals surface area contributed by atoms with Gasteiger partial charge in [-0.25, -0.2) is 0 Å². The van der Waals surface area contributed by atoms with E-state index < -0.39 is 23.6 Å². The Kier molecular flexibility index (Phi) is 5.86. The molecule has 0 aliphatic rings. The number of aliphatic hydroxyl groups excluding tert-OH is 1. The molecule has 16 heavy (non-hydrogen) atoms. The van der Waals surface area contributed by atoms with Gasteiger partial charge >= 0.3 is 0 Å². The summed E-state index contributed by atoms with van der Waals surface area (Å²) in [5, 5.41) is 9.60. The van der Waals surface area contributed by atoms with Gasteiger partial charge in [-0.15, -0.1) is 0 Å². The quantitative estimate of drug-likeness (QED) is 0.547. The van der Waals surface area contributed by atoms with Crippen LogP contribution < -0.4 is 11.5 Å². The van der Waals surface area contributed by atoms with E-state index in [-0.39, 0.29) is 0 Å². The van der Waals surface area contributed by atoms with E-state index in [0.717, 1.165) is 0 Å². The third-order valence-corrected chi connectivity index (χ3v) is 2.25. The highest BCUT2D eigenvalue weighted by Gasteiger charge is 2.31. The molecule has 0 spiro atoms. The van der Waals surface area contributed by atoms with E-state index >= 15 is 0 Å². The van der Waals surface area contributed by atoms with Crippen LogP contribution in [0.15, 0.2) is 0 Å². The van der Waals surface area contributed by atoms with Crippen molar-refractivity contribution < 1.29 is 14.6 Å². The number of nitrogens with two attached hydrogens (primary N) is 2. The SMILES string of the molecule is CC(O)C(OC(C)(C)CN)OC(C)(C)CN. The molecule has 0 radical (unpaired) electrons. The van der Waals surface area contributed by atoms with Crippen molar-refractivity contribution in [2.75, 3.05) is 13.1 Å². The number of rotatable bonds is 7. The van der Waals surface area contributed by atoms with Gasteiger partial charge in [-0.3, -0.25) is 0 Å². The molecule has 0 bridgehead atoms. The maximum absolute atomic E-state index is 9.60. The number of aliphatic hydroxyl groups is 1. The summed E-state index contributed by atoms with van der Waals surface area (Å²) >= 11 is 0. The zero-order valence-electron chi connectivity index (χ0n) is 11.0.